The highest BCUT2D eigenvalue weighted by atomic mass is 32.2. The van der Waals surface area contributed by atoms with Gasteiger partial charge in [-0.2, -0.15) is 10.5 Å². The van der Waals surface area contributed by atoms with Crippen molar-refractivity contribution in [2.45, 2.75) is 17.2 Å². The van der Waals surface area contributed by atoms with Gasteiger partial charge in [0.1, 0.15) is 5.75 Å². The van der Waals surface area contributed by atoms with Crippen LogP contribution in [0.5, 0.6) is 5.75 Å². The van der Waals surface area contributed by atoms with Gasteiger partial charge in [-0.05, 0) is 18.6 Å². The Hall–Kier alpha value is -2.29. The summed E-state index contributed by atoms with van der Waals surface area (Å²) in [5, 5.41) is 29.7. The fourth-order valence-electron chi connectivity index (χ4n) is 1.78. The zero-order valence-corrected chi connectivity index (χ0v) is 14.2. The number of hydrogen-bond donors (Lipinski definition) is 1. The van der Waals surface area contributed by atoms with Crippen LogP contribution in [0, 0.1) is 28.6 Å². The minimum Gasteiger partial charge on any atom is -0.495 e. The predicted octanol–water partition coefficient (Wildman–Crippen LogP) is 3.83. The molecule has 0 radical (unpaired) electrons. The number of nitrogens with one attached hydrogen (secondary N) is 1. The van der Waals surface area contributed by atoms with Gasteiger partial charge in [-0.25, -0.2) is 0 Å². The maximum atomic E-state index is 9.06. The zero-order valence-electron chi connectivity index (χ0n) is 12.5. The average Bonchev–Trinajstić information content (AvgIpc) is 3.03. The van der Waals surface area contributed by atoms with Gasteiger partial charge in [0.05, 0.1) is 30.9 Å². The molecule has 0 amide bonds. The number of aromatic nitrogens is 2. The first kappa shape index (κ1) is 17.1. The lowest BCUT2D eigenvalue weighted by atomic mass is 10.1. The van der Waals surface area contributed by atoms with Crippen LogP contribution in [0.3, 0.4) is 0 Å². The Morgan fingerprint density at radius 1 is 1.35 bits per heavy atom. The molecule has 2 rings (SSSR count). The molecule has 0 aliphatic carbocycles. The second-order valence-electron chi connectivity index (χ2n) is 4.53. The van der Waals surface area contributed by atoms with Crippen molar-refractivity contribution in [3.8, 4) is 17.9 Å². The lowest BCUT2D eigenvalue weighted by Gasteiger charge is -2.07. The summed E-state index contributed by atoms with van der Waals surface area (Å²) in [5.41, 5.74) is 0.826. The number of nitriles is 2. The van der Waals surface area contributed by atoms with Crippen LogP contribution in [0.2, 0.25) is 0 Å². The first-order valence-electron chi connectivity index (χ1n) is 6.89. The molecule has 0 aliphatic rings. The molecular weight excluding hydrogens is 330 g/mol. The van der Waals surface area contributed by atoms with Gasteiger partial charge in [-0.15, -0.1) is 10.2 Å². The van der Waals surface area contributed by atoms with Gasteiger partial charge in [0, 0.05) is 12.2 Å². The molecule has 8 heteroatoms. The molecule has 0 bridgehead atoms. The maximum absolute atomic E-state index is 9.06. The molecule has 1 aromatic carbocycles. The third-order valence-electron chi connectivity index (χ3n) is 2.95. The first-order valence-corrected chi connectivity index (χ1v) is 8.70. The fraction of sp³-hybridized carbons (Fsp3) is 0.333. The highest BCUT2D eigenvalue weighted by molar-refractivity contribution is 8.01. The number of nitrogens with zero attached hydrogens (tertiary/aromatic N) is 4. The Balaban J connectivity index is 1.93. The second kappa shape index (κ2) is 8.99. The summed E-state index contributed by atoms with van der Waals surface area (Å²) in [6, 6.07) is 11.9. The number of methoxy groups -OCH3 is 1. The van der Waals surface area contributed by atoms with E-state index in [1.165, 1.54) is 23.1 Å². The van der Waals surface area contributed by atoms with Crippen molar-refractivity contribution >= 4 is 33.9 Å². The molecule has 2 aromatic rings. The van der Waals surface area contributed by atoms with E-state index >= 15 is 0 Å². The van der Waals surface area contributed by atoms with Crippen LogP contribution in [0.4, 0.5) is 10.8 Å². The van der Waals surface area contributed by atoms with Gasteiger partial charge in [0.15, 0.2) is 4.34 Å². The minimum absolute atomic E-state index is 0.144. The standard InChI is InChI=1S/C15H15N5OS2/c1-21-13-7-3-2-6-12(13)18-14-19-20-15(23-14)22-10-11(9-17)5-4-8-16/h2-3,6-7,11H,4-5,10H2,1H3,(H,18,19)/t11-/m1/s1. The third kappa shape index (κ3) is 5.13. The molecule has 0 fully saturated rings. The summed E-state index contributed by atoms with van der Waals surface area (Å²) in [6.07, 6.45) is 0.987. The quantitative estimate of drug-likeness (QED) is 0.726. The Morgan fingerprint density at radius 3 is 2.91 bits per heavy atom. The fourth-order valence-corrected chi connectivity index (χ4v) is 3.63. The highest BCUT2D eigenvalue weighted by Crippen LogP contribution is 2.32. The molecule has 0 saturated carbocycles. The Morgan fingerprint density at radius 2 is 2.17 bits per heavy atom. The van der Waals surface area contributed by atoms with Crippen LogP contribution >= 0.6 is 23.1 Å². The van der Waals surface area contributed by atoms with Crippen molar-refractivity contribution < 1.29 is 4.74 Å². The molecule has 1 heterocycles. The van der Waals surface area contributed by atoms with E-state index in [4.69, 9.17) is 15.3 Å². The molecule has 1 aromatic heterocycles. The van der Waals surface area contributed by atoms with Gasteiger partial charge in [0.2, 0.25) is 5.13 Å². The zero-order chi connectivity index (χ0) is 16.5. The van der Waals surface area contributed by atoms with E-state index in [1.54, 1.807) is 7.11 Å². The summed E-state index contributed by atoms with van der Waals surface area (Å²) in [4.78, 5) is 0. The SMILES string of the molecule is COc1ccccc1Nc1nnc(SC[C@@H](C#N)CCC#N)s1. The lowest BCUT2D eigenvalue weighted by molar-refractivity contribution is 0.417. The molecule has 0 aliphatic heterocycles. The molecule has 0 saturated heterocycles. The maximum Gasteiger partial charge on any atom is 0.210 e. The van der Waals surface area contributed by atoms with E-state index < -0.39 is 0 Å². The number of rotatable bonds is 8. The lowest BCUT2D eigenvalue weighted by Crippen LogP contribution is -1.99. The van der Waals surface area contributed by atoms with Gasteiger partial charge in [-0.1, -0.05) is 35.2 Å². The van der Waals surface area contributed by atoms with Gasteiger partial charge in [-0.3, -0.25) is 0 Å². The van der Waals surface area contributed by atoms with Crippen LogP contribution in [-0.2, 0) is 0 Å². The molecule has 1 atom stereocenters. The Bertz CT molecular complexity index is 719. The van der Waals surface area contributed by atoms with Crippen LogP contribution < -0.4 is 10.1 Å². The van der Waals surface area contributed by atoms with E-state index in [-0.39, 0.29) is 5.92 Å². The van der Waals surface area contributed by atoms with Crippen molar-refractivity contribution in [2.75, 3.05) is 18.2 Å². The molecule has 1 N–H and O–H groups in total. The predicted molar refractivity (Wildman–Crippen MR) is 90.9 cm³/mol. The van der Waals surface area contributed by atoms with Crippen LogP contribution in [0.15, 0.2) is 28.6 Å². The largest absolute Gasteiger partial charge is 0.495 e. The normalized spacial score (nSPS) is 11.3. The number of thioether (sulfide) groups is 1. The summed E-state index contributed by atoms with van der Waals surface area (Å²) in [6.45, 7) is 0. The van der Waals surface area contributed by atoms with Crippen LogP contribution in [0.25, 0.3) is 0 Å². The summed E-state index contributed by atoms with van der Waals surface area (Å²) in [5.74, 6) is 1.20. The van der Waals surface area contributed by atoms with E-state index in [0.29, 0.717) is 23.7 Å². The first-order chi connectivity index (χ1) is 11.3. The molecule has 118 valence electrons. The Labute approximate surface area is 143 Å². The number of para-hydroxylation sites is 2. The van der Waals surface area contributed by atoms with Crippen molar-refractivity contribution in [1.82, 2.24) is 10.2 Å². The summed E-state index contributed by atoms with van der Waals surface area (Å²) in [7, 11) is 1.62. The minimum atomic E-state index is -0.144. The molecule has 0 unspecified atom stereocenters. The smallest absolute Gasteiger partial charge is 0.210 e. The van der Waals surface area contributed by atoms with Gasteiger partial charge in [0.25, 0.3) is 0 Å². The number of hydrogen-bond acceptors (Lipinski definition) is 8. The molecule has 23 heavy (non-hydrogen) atoms. The van der Waals surface area contributed by atoms with Crippen molar-refractivity contribution in [3.05, 3.63) is 24.3 Å². The number of benzene rings is 1. The molecule has 6 nitrogen and oxygen atoms in total. The van der Waals surface area contributed by atoms with Crippen molar-refractivity contribution in [2.24, 2.45) is 5.92 Å². The molecule has 0 spiro atoms. The van der Waals surface area contributed by atoms with Crippen molar-refractivity contribution in [1.29, 1.82) is 10.5 Å². The van der Waals surface area contributed by atoms with Gasteiger partial charge >= 0.3 is 0 Å². The highest BCUT2D eigenvalue weighted by Gasteiger charge is 2.12. The van der Waals surface area contributed by atoms with E-state index in [9.17, 15) is 0 Å². The van der Waals surface area contributed by atoms with Gasteiger partial charge < -0.3 is 10.1 Å². The molecular formula is C15H15N5OS2. The van der Waals surface area contributed by atoms with Crippen LogP contribution in [0.1, 0.15) is 12.8 Å². The average molecular weight is 345 g/mol. The van der Waals surface area contributed by atoms with Crippen LogP contribution in [-0.4, -0.2) is 23.1 Å². The second-order valence-corrected chi connectivity index (χ2v) is 6.78. The summed E-state index contributed by atoms with van der Waals surface area (Å²) < 4.78 is 6.07. The van der Waals surface area contributed by atoms with E-state index in [2.05, 4.69) is 27.7 Å². The van der Waals surface area contributed by atoms with E-state index in [0.717, 1.165) is 15.8 Å². The van der Waals surface area contributed by atoms with E-state index in [1.807, 2.05) is 24.3 Å². The topological polar surface area (TPSA) is 94.6 Å². The summed E-state index contributed by atoms with van der Waals surface area (Å²) >= 11 is 2.91. The number of ether oxygens (including phenoxy) is 1. The van der Waals surface area contributed by atoms with Crippen molar-refractivity contribution in [3.63, 3.8) is 0 Å². The third-order valence-corrected chi connectivity index (χ3v) is 5.08. The number of anilines is 2. The Kier molecular flexibility index (Phi) is 6.67. The monoisotopic (exact) mass is 345 g/mol.